The standard InChI is InChI=1S/C13H10ClN5/c14-12-8-10(6-7-15-12)9-19-17-13(16-18-19)11-4-2-1-3-5-11/h1-8H,9H2. The van der Waals surface area contributed by atoms with Gasteiger partial charge in [0.25, 0.3) is 0 Å². The third-order valence-corrected chi connectivity index (χ3v) is 2.81. The molecule has 2 aromatic heterocycles. The number of hydrogen-bond acceptors (Lipinski definition) is 4. The average molecular weight is 272 g/mol. The van der Waals surface area contributed by atoms with Crippen molar-refractivity contribution in [2.24, 2.45) is 0 Å². The highest BCUT2D eigenvalue weighted by Crippen LogP contribution is 2.13. The van der Waals surface area contributed by atoms with Gasteiger partial charge in [0.2, 0.25) is 5.82 Å². The van der Waals surface area contributed by atoms with E-state index in [-0.39, 0.29) is 0 Å². The number of nitrogens with zero attached hydrogens (tertiary/aromatic N) is 5. The summed E-state index contributed by atoms with van der Waals surface area (Å²) in [6.07, 6.45) is 1.66. The van der Waals surface area contributed by atoms with Gasteiger partial charge in [-0.2, -0.15) is 4.80 Å². The Balaban J connectivity index is 1.82. The summed E-state index contributed by atoms with van der Waals surface area (Å²) >= 11 is 5.84. The molecular weight excluding hydrogens is 262 g/mol. The van der Waals surface area contributed by atoms with Crippen molar-refractivity contribution in [1.82, 2.24) is 25.2 Å². The van der Waals surface area contributed by atoms with E-state index in [2.05, 4.69) is 20.4 Å². The number of halogens is 1. The quantitative estimate of drug-likeness (QED) is 0.687. The zero-order valence-corrected chi connectivity index (χ0v) is 10.7. The van der Waals surface area contributed by atoms with E-state index in [1.165, 1.54) is 4.80 Å². The molecule has 0 aliphatic heterocycles. The molecule has 1 aromatic carbocycles. The fourth-order valence-corrected chi connectivity index (χ4v) is 1.91. The molecule has 94 valence electrons. The number of aromatic nitrogens is 5. The minimum Gasteiger partial charge on any atom is -0.245 e. The Hall–Kier alpha value is -2.27. The topological polar surface area (TPSA) is 56.5 Å². The second kappa shape index (κ2) is 5.16. The van der Waals surface area contributed by atoms with Crippen LogP contribution < -0.4 is 0 Å². The van der Waals surface area contributed by atoms with Gasteiger partial charge in [0.1, 0.15) is 5.15 Å². The highest BCUT2D eigenvalue weighted by Gasteiger charge is 2.05. The molecule has 0 spiro atoms. The molecule has 0 N–H and O–H groups in total. The molecule has 0 bridgehead atoms. The van der Waals surface area contributed by atoms with Gasteiger partial charge in [-0.25, -0.2) is 4.98 Å². The zero-order valence-electron chi connectivity index (χ0n) is 9.94. The van der Waals surface area contributed by atoms with E-state index in [9.17, 15) is 0 Å². The number of rotatable bonds is 3. The molecule has 0 saturated heterocycles. The fraction of sp³-hybridized carbons (Fsp3) is 0.0769. The van der Waals surface area contributed by atoms with E-state index < -0.39 is 0 Å². The summed E-state index contributed by atoms with van der Waals surface area (Å²) in [4.78, 5) is 5.47. The van der Waals surface area contributed by atoms with Crippen LogP contribution in [0.3, 0.4) is 0 Å². The summed E-state index contributed by atoms with van der Waals surface area (Å²) < 4.78 is 0. The molecule has 0 aliphatic rings. The third kappa shape index (κ3) is 2.77. The molecular formula is C13H10ClN5. The van der Waals surface area contributed by atoms with Gasteiger partial charge in [0.15, 0.2) is 0 Å². The first-order valence-electron chi connectivity index (χ1n) is 5.75. The van der Waals surface area contributed by atoms with Crippen LogP contribution in [0.1, 0.15) is 5.56 Å². The molecule has 2 heterocycles. The molecule has 0 saturated carbocycles. The van der Waals surface area contributed by atoms with Crippen molar-refractivity contribution in [1.29, 1.82) is 0 Å². The van der Waals surface area contributed by atoms with Crippen molar-refractivity contribution in [2.75, 3.05) is 0 Å². The van der Waals surface area contributed by atoms with E-state index in [1.54, 1.807) is 12.3 Å². The summed E-state index contributed by atoms with van der Waals surface area (Å²) in [5.74, 6) is 0.612. The maximum absolute atomic E-state index is 5.84. The molecule has 0 fully saturated rings. The van der Waals surface area contributed by atoms with E-state index in [0.717, 1.165) is 11.1 Å². The van der Waals surface area contributed by atoms with E-state index in [4.69, 9.17) is 11.6 Å². The summed E-state index contributed by atoms with van der Waals surface area (Å²) in [6.45, 7) is 0.516. The molecule has 3 aromatic rings. The van der Waals surface area contributed by atoms with Crippen LogP contribution in [-0.2, 0) is 6.54 Å². The molecule has 0 unspecified atom stereocenters. The van der Waals surface area contributed by atoms with E-state index in [0.29, 0.717) is 17.5 Å². The smallest absolute Gasteiger partial charge is 0.204 e. The molecule has 0 radical (unpaired) electrons. The lowest BCUT2D eigenvalue weighted by molar-refractivity contribution is 0.572. The van der Waals surface area contributed by atoms with Gasteiger partial charge in [-0.15, -0.1) is 10.2 Å². The van der Waals surface area contributed by atoms with Crippen molar-refractivity contribution >= 4 is 11.6 Å². The molecule has 0 aliphatic carbocycles. The Labute approximate surface area is 114 Å². The molecule has 0 atom stereocenters. The van der Waals surface area contributed by atoms with Crippen LogP contribution in [0.4, 0.5) is 0 Å². The summed E-state index contributed by atoms with van der Waals surface area (Å²) in [5, 5.41) is 12.9. The lowest BCUT2D eigenvalue weighted by Crippen LogP contribution is -2.04. The monoisotopic (exact) mass is 271 g/mol. The first kappa shape index (κ1) is 11.8. The maximum atomic E-state index is 5.84. The van der Waals surface area contributed by atoms with Crippen molar-refractivity contribution in [3.05, 3.63) is 59.4 Å². The van der Waals surface area contributed by atoms with Gasteiger partial charge in [-0.3, -0.25) is 0 Å². The minimum absolute atomic E-state index is 0.459. The van der Waals surface area contributed by atoms with Crippen LogP contribution in [0, 0.1) is 0 Å². The molecule has 0 amide bonds. The SMILES string of the molecule is Clc1cc(Cn2nnc(-c3ccccc3)n2)ccn1. The molecule has 3 rings (SSSR count). The third-order valence-electron chi connectivity index (χ3n) is 2.60. The van der Waals surface area contributed by atoms with Gasteiger partial charge >= 0.3 is 0 Å². The molecule has 6 heteroatoms. The lowest BCUT2D eigenvalue weighted by atomic mass is 10.2. The Kier molecular flexibility index (Phi) is 3.20. The molecule has 5 nitrogen and oxygen atoms in total. The number of benzene rings is 1. The fourth-order valence-electron chi connectivity index (χ4n) is 1.72. The van der Waals surface area contributed by atoms with E-state index >= 15 is 0 Å². The number of pyridine rings is 1. The van der Waals surface area contributed by atoms with Crippen LogP contribution in [0.15, 0.2) is 48.7 Å². The second-order valence-corrected chi connectivity index (χ2v) is 4.38. The first-order chi connectivity index (χ1) is 9.31. The van der Waals surface area contributed by atoms with Crippen LogP contribution in [0.5, 0.6) is 0 Å². The van der Waals surface area contributed by atoms with Gasteiger partial charge in [-0.05, 0) is 22.9 Å². The van der Waals surface area contributed by atoms with Crippen molar-refractivity contribution in [3.63, 3.8) is 0 Å². The van der Waals surface area contributed by atoms with Crippen LogP contribution in [0.2, 0.25) is 5.15 Å². The van der Waals surface area contributed by atoms with Crippen LogP contribution >= 0.6 is 11.6 Å². The van der Waals surface area contributed by atoms with Gasteiger partial charge in [0, 0.05) is 11.8 Å². The van der Waals surface area contributed by atoms with Gasteiger partial charge in [0.05, 0.1) is 6.54 Å². The normalized spacial score (nSPS) is 10.6. The molecule has 19 heavy (non-hydrogen) atoms. The first-order valence-corrected chi connectivity index (χ1v) is 6.13. The van der Waals surface area contributed by atoms with Crippen LogP contribution in [0.25, 0.3) is 11.4 Å². The summed E-state index contributed by atoms with van der Waals surface area (Å²) in [7, 11) is 0. The summed E-state index contributed by atoms with van der Waals surface area (Å²) in [5.41, 5.74) is 1.93. The lowest BCUT2D eigenvalue weighted by Gasteiger charge is -1.99. The Bertz CT molecular complexity index is 680. The highest BCUT2D eigenvalue weighted by atomic mass is 35.5. The van der Waals surface area contributed by atoms with E-state index in [1.807, 2.05) is 36.4 Å². The van der Waals surface area contributed by atoms with Crippen LogP contribution in [-0.4, -0.2) is 25.2 Å². The van der Waals surface area contributed by atoms with Gasteiger partial charge < -0.3 is 0 Å². The predicted octanol–water partition coefficient (Wildman–Crippen LogP) is 2.44. The van der Waals surface area contributed by atoms with Gasteiger partial charge in [-0.1, -0.05) is 41.9 Å². The summed E-state index contributed by atoms with van der Waals surface area (Å²) in [6, 6.07) is 13.4. The predicted molar refractivity (Wildman–Crippen MR) is 71.6 cm³/mol. The average Bonchev–Trinajstić information content (AvgIpc) is 2.88. The van der Waals surface area contributed by atoms with Crippen molar-refractivity contribution < 1.29 is 0 Å². The highest BCUT2D eigenvalue weighted by molar-refractivity contribution is 6.29. The Morgan fingerprint density at radius 1 is 1.11 bits per heavy atom. The Morgan fingerprint density at radius 2 is 1.95 bits per heavy atom. The second-order valence-electron chi connectivity index (χ2n) is 4.00. The minimum atomic E-state index is 0.459. The Morgan fingerprint density at radius 3 is 2.74 bits per heavy atom. The maximum Gasteiger partial charge on any atom is 0.204 e. The number of hydrogen-bond donors (Lipinski definition) is 0. The zero-order chi connectivity index (χ0) is 13.1. The largest absolute Gasteiger partial charge is 0.245 e. The van der Waals surface area contributed by atoms with Crippen molar-refractivity contribution in [3.8, 4) is 11.4 Å². The number of tetrazole rings is 1. The van der Waals surface area contributed by atoms with Crippen molar-refractivity contribution in [2.45, 2.75) is 6.54 Å².